The Kier molecular flexibility index (Phi) is 4.10. The molecule has 0 unspecified atom stereocenters. The fourth-order valence-corrected chi connectivity index (χ4v) is 3.97. The number of fused-ring (bicyclic) bond motifs is 1. The molecular weight excluding hydrogens is 318 g/mol. The number of benzene rings is 3. The van der Waals surface area contributed by atoms with Crippen LogP contribution in [0.1, 0.15) is 26.3 Å². The highest BCUT2D eigenvalue weighted by Crippen LogP contribution is 2.27. The Balaban J connectivity index is 1.96. The molecule has 1 N–H and O–H groups in total. The summed E-state index contributed by atoms with van der Waals surface area (Å²) in [5, 5.41) is 1.63. The number of hydrogen-bond donors (Lipinski definition) is 1. The van der Waals surface area contributed by atoms with Crippen LogP contribution in [-0.4, -0.2) is 8.42 Å². The van der Waals surface area contributed by atoms with Crippen molar-refractivity contribution < 1.29 is 8.42 Å². The molecular formula is C20H21NO2S. The highest BCUT2D eigenvalue weighted by Gasteiger charge is 2.18. The van der Waals surface area contributed by atoms with Crippen LogP contribution in [0.4, 0.5) is 5.69 Å². The van der Waals surface area contributed by atoms with E-state index in [4.69, 9.17) is 0 Å². The first-order valence-corrected chi connectivity index (χ1v) is 9.37. The topological polar surface area (TPSA) is 46.2 Å². The Bertz CT molecular complexity index is 963. The number of nitrogens with one attached hydrogen (secondary N) is 1. The monoisotopic (exact) mass is 339 g/mol. The van der Waals surface area contributed by atoms with Gasteiger partial charge in [0, 0.05) is 11.1 Å². The van der Waals surface area contributed by atoms with Gasteiger partial charge in [0.05, 0.1) is 4.90 Å². The molecule has 3 nitrogen and oxygen atoms in total. The SMILES string of the molecule is CC(C)(C)c1ccc(NS(=O)(=O)c2cccc3ccccc23)cc1. The molecule has 0 fully saturated rings. The third-order valence-corrected chi connectivity index (χ3v) is 5.48. The zero-order valence-electron chi connectivity index (χ0n) is 14.1. The predicted octanol–water partition coefficient (Wildman–Crippen LogP) is 4.94. The maximum Gasteiger partial charge on any atom is 0.262 e. The van der Waals surface area contributed by atoms with Crippen molar-refractivity contribution in [1.29, 1.82) is 0 Å². The Morgan fingerprint density at radius 1 is 0.792 bits per heavy atom. The van der Waals surface area contributed by atoms with Gasteiger partial charge < -0.3 is 0 Å². The molecule has 24 heavy (non-hydrogen) atoms. The summed E-state index contributed by atoms with van der Waals surface area (Å²) in [7, 11) is -3.64. The minimum atomic E-state index is -3.64. The van der Waals surface area contributed by atoms with Crippen LogP contribution in [0.15, 0.2) is 71.6 Å². The van der Waals surface area contributed by atoms with Crippen LogP contribution < -0.4 is 4.72 Å². The quantitative estimate of drug-likeness (QED) is 0.735. The fraction of sp³-hybridized carbons (Fsp3) is 0.200. The summed E-state index contributed by atoms with van der Waals surface area (Å²) in [4.78, 5) is 0.292. The summed E-state index contributed by atoms with van der Waals surface area (Å²) in [5.41, 5.74) is 1.76. The van der Waals surface area contributed by atoms with Crippen molar-refractivity contribution in [3.8, 4) is 0 Å². The third-order valence-electron chi connectivity index (χ3n) is 4.04. The average molecular weight is 339 g/mol. The molecule has 0 atom stereocenters. The molecule has 124 valence electrons. The summed E-state index contributed by atoms with van der Waals surface area (Å²) in [6.45, 7) is 6.38. The summed E-state index contributed by atoms with van der Waals surface area (Å²) >= 11 is 0. The van der Waals surface area contributed by atoms with Crippen molar-refractivity contribution in [1.82, 2.24) is 0 Å². The molecule has 0 aromatic heterocycles. The van der Waals surface area contributed by atoms with Crippen LogP contribution in [0.3, 0.4) is 0 Å². The van der Waals surface area contributed by atoms with Gasteiger partial charge in [0.2, 0.25) is 0 Å². The first kappa shape index (κ1) is 16.5. The van der Waals surface area contributed by atoms with Crippen molar-refractivity contribution in [3.63, 3.8) is 0 Å². The van der Waals surface area contributed by atoms with E-state index >= 15 is 0 Å². The van der Waals surface area contributed by atoms with E-state index in [9.17, 15) is 8.42 Å². The normalized spacial score (nSPS) is 12.3. The van der Waals surface area contributed by atoms with Crippen molar-refractivity contribution in [3.05, 3.63) is 72.3 Å². The van der Waals surface area contributed by atoms with Crippen LogP contribution in [0, 0.1) is 0 Å². The van der Waals surface area contributed by atoms with Crippen LogP contribution in [0.5, 0.6) is 0 Å². The minimum Gasteiger partial charge on any atom is -0.280 e. The van der Waals surface area contributed by atoms with Gasteiger partial charge in [-0.05, 0) is 34.6 Å². The highest BCUT2D eigenvalue weighted by atomic mass is 32.2. The standard InChI is InChI=1S/C20H21NO2S/c1-20(2,3)16-11-13-17(14-12-16)21-24(22,23)19-10-6-8-15-7-4-5-9-18(15)19/h4-14,21H,1-3H3. The smallest absolute Gasteiger partial charge is 0.262 e. The summed E-state index contributed by atoms with van der Waals surface area (Å²) in [6.07, 6.45) is 0. The van der Waals surface area contributed by atoms with Crippen LogP contribution >= 0.6 is 0 Å². The minimum absolute atomic E-state index is 0.0348. The van der Waals surface area contributed by atoms with Crippen molar-refractivity contribution >= 4 is 26.5 Å². The zero-order valence-corrected chi connectivity index (χ0v) is 14.9. The third kappa shape index (κ3) is 3.29. The zero-order chi connectivity index (χ0) is 17.4. The second-order valence-electron chi connectivity index (χ2n) is 6.91. The van der Waals surface area contributed by atoms with Gasteiger partial charge in [-0.15, -0.1) is 0 Å². The van der Waals surface area contributed by atoms with E-state index in [1.165, 1.54) is 0 Å². The first-order chi connectivity index (χ1) is 11.3. The van der Waals surface area contributed by atoms with Gasteiger partial charge in [-0.3, -0.25) is 4.72 Å². The van der Waals surface area contributed by atoms with Gasteiger partial charge in [0.15, 0.2) is 0 Å². The molecule has 4 heteroatoms. The Morgan fingerprint density at radius 2 is 1.42 bits per heavy atom. The van der Waals surface area contributed by atoms with Gasteiger partial charge in [0.25, 0.3) is 10.0 Å². The van der Waals surface area contributed by atoms with E-state index in [0.717, 1.165) is 16.3 Å². The molecule has 3 aromatic carbocycles. The van der Waals surface area contributed by atoms with Crippen molar-refractivity contribution in [2.75, 3.05) is 4.72 Å². The number of anilines is 1. The number of rotatable bonds is 3. The van der Waals surface area contributed by atoms with E-state index < -0.39 is 10.0 Å². The van der Waals surface area contributed by atoms with E-state index in [-0.39, 0.29) is 5.41 Å². The van der Waals surface area contributed by atoms with Crippen LogP contribution in [-0.2, 0) is 15.4 Å². The van der Waals surface area contributed by atoms with Gasteiger partial charge >= 0.3 is 0 Å². The highest BCUT2D eigenvalue weighted by molar-refractivity contribution is 7.93. The molecule has 0 radical (unpaired) electrons. The summed E-state index contributed by atoms with van der Waals surface area (Å²) < 4.78 is 28.3. The molecule has 3 aromatic rings. The number of sulfonamides is 1. The molecule has 0 aliphatic heterocycles. The Hall–Kier alpha value is -2.33. The molecule has 0 bridgehead atoms. The van der Waals surface area contributed by atoms with Crippen molar-refractivity contribution in [2.24, 2.45) is 0 Å². The maximum atomic E-state index is 12.8. The lowest BCUT2D eigenvalue weighted by atomic mass is 9.87. The molecule has 0 saturated carbocycles. The van der Waals surface area contributed by atoms with Gasteiger partial charge in [-0.1, -0.05) is 69.3 Å². The molecule has 0 aliphatic rings. The Morgan fingerprint density at radius 3 is 2.08 bits per heavy atom. The van der Waals surface area contributed by atoms with Gasteiger partial charge in [0.1, 0.15) is 0 Å². The van der Waals surface area contributed by atoms with Crippen LogP contribution in [0.25, 0.3) is 10.8 Å². The fourth-order valence-electron chi connectivity index (χ4n) is 2.68. The largest absolute Gasteiger partial charge is 0.280 e. The van der Waals surface area contributed by atoms with E-state index in [2.05, 4.69) is 25.5 Å². The first-order valence-electron chi connectivity index (χ1n) is 7.88. The number of hydrogen-bond acceptors (Lipinski definition) is 2. The molecule has 3 rings (SSSR count). The van der Waals surface area contributed by atoms with E-state index in [1.54, 1.807) is 12.1 Å². The molecule has 0 amide bonds. The summed E-state index contributed by atoms with van der Waals surface area (Å²) in [5.74, 6) is 0. The molecule has 0 spiro atoms. The second kappa shape index (κ2) is 5.95. The van der Waals surface area contributed by atoms with E-state index in [1.807, 2.05) is 54.6 Å². The van der Waals surface area contributed by atoms with Gasteiger partial charge in [-0.25, -0.2) is 8.42 Å². The molecule has 0 saturated heterocycles. The van der Waals surface area contributed by atoms with Crippen molar-refractivity contribution in [2.45, 2.75) is 31.1 Å². The lowest BCUT2D eigenvalue weighted by Gasteiger charge is -2.19. The average Bonchev–Trinajstić information content (AvgIpc) is 2.53. The Labute approximate surface area is 143 Å². The van der Waals surface area contributed by atoms with Gasteiger partial charge in [-0.2, -0.15) is 0 Å². The second-order valence-corrected chi connectivity index (χ2v) is 8.56. The lowest BCUT2D eigenvalue weighted by molar-refractivity contribution is 0.590. The molecule has 0 aliphatic carbocycles. The molecule has 0 heterocycles. The lowest BCUT2D eigenvalue weighted by Crippen LogP contribution is -2.14. The van der Waals surface area contributed by atoms with Crippen LogP contribution in [0.2, 0.25) is 0 Å². The maximum absolute atomic E-state index is 12.8. The predicted molar refractivity (Wildman–Crippen MR) is 99.9 cm³/mol. The summed E-state index contributed by atoms with van der Waals surface area (Å²) in [6, 6.07) is 20.3. The van der Waals surface area contributed by atoms with E-state index in [0.29, 0.717) is 10.6 Å².